The smallest absolute Gasteiger partial charge is 0.179 e. The van der Waals surface area contributed by atoms with Crippen LogP contribution < -0.4 is 0 Å². The van der Waals surface area contributed by atoms with Crippen LogP contribution in [-0.4, -0.2) is 15.8 Å². The summed E-state index contributed by atoms with van der Waals surface area (Å²) < 4.78 is 0. The Hall–Kier alpha value is -1.25. The van der Waals surface area contributed by atoms with Gasteiger partial charge in [0, 0.05) is 24.7 Å². The first-order valence-corrected chi connectivity index (χ1v) is 4.25. The van der Waals surface area contributed by atoms with Gasteiger partial charge in [-0.2, -0.15) is 0 Å². The third-order valence-corrected chi connectivity index (χ3v) is 1.74. The van der Waals surface area contributed by atoms with Crippen LogP contribution in [0.2, 0.25) is 0 Å². The second kappa shape index (κ2) is 3.24. The van der Waals surface area contributed by atoms with Gasteiger partial charge in [0.05, 0.1) is 5.69 Å². The maximum atomic E-state index is 11.2. The zero-order chi connectivity index (χ0) is 10.1. The van der Waals surface area contributed by atoms with Crippen LogP contribution >= 0.6 is 0 Å². The molecule has 0 aromatic carbocycles. The molecular weight excluding hydrogens is 164 g/mol. The SMILES string of the molecule is CC(=O)c1nccnc1C(C)(C)C. The summed E-state index contributed by atoms with van der Waals surface area (Å²) in [6.07, 6.45) is 3.17. The molecule has 0 saturated carbocycles. The molecule has 0 aliphatic heterocycles. The summed E-state index contributed by atoms with van der Waals surface area (Å²) in [6.45, 7) is 7.57. The Morgan fingerprint density at radius 2 is 1.77 bits per heavy atom. The summed E-state index contributed by atoms with van der Waals surface area (Å²) in [4.78, 5) is 19.4. The minimum absolute atomic E-state index is 0.0296. The molecular formula is C10H14N2O. The van der Waals surface area contributed by atoms with Crippen molar-refractivity contribution >= 4 is 5.78 Å². The molecule has 0 radical (unpaired) electrons. The van der Waals surface area contributed by atoms with Crippen molar-refractivity contribution < 1.29 is 4.79 Å². The van der Waals surface area contributed by atoms with Crippen LogP contribution in [0.3, 0.4) is 0 Å². The predicted octanol–water partition coefficient (Wildman–Crippen LogP) is 1.98. The number of carbonyl (C=O) groups is 1. The maximum Gasteiger partial charge on any atom is 0.179 e. The van der Waals surface area contributed by atoms with Gasteiger partial charge in [-0.15, -0.1) is 0 Å². The molecule has 0 unspecified atom stereocenters. The molecule has 0 spiro atoms. The normalized spacial score (nSPS) is 11.4. The fourth-order valence-electron chi connectivity index (χ4n) is 1.14. The summed E-state index contributed by atoms with van der Waals surface area (Å²) in [5.74, 6) is -0.0296. The van der Waals surface area contributed by atoms with Crippen molar-refractivity contribution in [3.05, 3.63) is 23.8 Å². The molecule has 13 heavy (non-hydrogen) atoms. The van der Waals surface area contributed by atoms with Crippen LogP contribution in [0.5, 0.6) is 0 Å². The topological polar surface area (TPSA) is 42.9 Å². The molecule has 0 aliphatic carbocycles. The van der Waals surface area contributed by atoms with Crippen molar-refractivity contribution in [2.75, 3.05) is 0 Å². The van der Waals surface area contributed by atoms with Gasteiger partial charge in [-0.3, -0.25) is 9.78 Å². The molecule has 1 aromatic heterocycles. The fourth-order valence-corrected chi connectivity index (χ4v) is 1.14. The van der Waals surface area contributed by atoms with E-state index in [0.29, 0.717) is 5.69 Å². The predicted molar refractivity (Wildman–Crippen MR) is 50.7 cm³/mol. The Kier molecular flexibility index (Phi) is 2.45. The Morgan fingerprint density at radius 3 is 2.15 bits per heavy atom. The molecule has 1 aromatic rings. The van der Waals surface area contributed by atoms with Crippen molar-refractivity contribution in [2.45, 2.75) is 33.1 Å². The number of carbonyl (C=O) groups excluding carboxylic acids is 1. The van der Waals surface area contributed by atoms with Crippen molar-refractivity contribution in [1.82, 2.24) is 9.97 Å². The number of hydrogen-bond donors (Lipinski definition) is 0. The Morgan fingerprint density at radius 1 is 1.23 bits per heavy atom. The van der Waals surface area contributed by atoms with E-state index in [9.17, 15) is 4.79 Å². The number of Topliss-reactive ketones (excluding diaryl/α,β-unsaturated/α-hetero) is 1. The highest BCUT2D eigenvalue weighted by atomic mass is 16.1. The van der Waals surface area contributed by atoms with Crippen molar-refractivity contribution in [3.63, 3.8) is 0 Å². The molecule has 0 saturated heterocycles. The van der Waals surface area contributed by atoms with E-state index in [2.05, 4.69) is 9.97 Å². The first kappa shape index (κ1) is 9.84. The maximum absolute atomic E-state index is 11.2. The lowest BCUT2D eigenvalue weighted by Gasteiger charge is -2.18. The van der Waals surface area contributed by atoms with Crippen LogP contribution in [0.1, 0.15) is 43.9 Å². The van der Waals surface area contributed by atoms with Gasteiger partial charge in [-0.1, -0.05) is 20.8 Å². The van der Waals surface area contributed by atoms with Gasteiger partial charge in [0.15, 0.2) is 5.78 Å². The first-order chi connectivity index (χ1) is 5.93. The average Bonchev–Trinajstić information content (AvgIpc) is 2.03. The van der Waals surface area contributed by atoms with Crippen LogP contribution in [-0.2, 0) is 5.41 Å². The molecule has 0 atom stereocenters. The zero-order valence-electron chi connectivity index (χ0n) is 8.46. The zero-order valence-corrected chi connectivity index (χ0v) is 8.46. The third-order valence-electron chi connectivity index (χ3n) is 1.74. The largest absolute Gasteiger partial charge is 0.293 e. The number of rotatable bonds is 1. The van der Waals surface area contributed by atoms with E-state index < -0.39 is 0 Å². The van der Waals surface area contributed by atoms with Crippen LogP contribution in [0, 0.1) is 0 Å². The van der Waals surface area contributed by atoms with E-state index in [-0.39, 0.29) is 11.2 Å². The molecule has 1 heterocycles. The van der Waals surface area contributed by atoms with Gasteiger partial charge in [0.2, 0.25) is 0 Å². The van der Waals surface area contributed by atoms with E-state index in [0.717, 1.165) is 5.69 Å². The summed E-state index contributed by atoms with van der Waals surface area (Å²) in [7, 11) is 0. The average molecular weight is 178 g/mol. The fraction of sp³-hybridized carbons (Fsp3) is 0.500. The molecule has 0 bridgehead atoms. The van der Waals surface area contributed by atoms with E-state index in [1.165, 1.54) is 6.92 Å². The number of aromatic nitrogens is 2. The van der Waals surface area contributed by atoms with E-state index in [4.69, 9.17) is 0 Å². The van der Waals surface area contributed by atoms with E-state index in [1.54, 1.807) is 12.4 Å². The monoisotopic (exact) mass is 178 g/mol. The molecule has 3 nitrogen and oxygen atoms in total. The molecule has 1 rings (SSSR count). The number of hydrogen-bond acceptors (Lipinski definition) is 3. The Balaban J connectivity index is 3.28. The Labute approximate surface area is 78.2 Å². The number of ketones is 1. The highest BCUT2D eigenvalue weighted by Gasteiger charge is 2.22. The van der Waals surface area contributed by atoms with Crippen LogP contribution in [0.15, 0.2) is 12.4 Å². The standard InChI is InChI=1S/C10H14N2O/c1-7(13)8-9(10(2,3)4)12-6-5-11-8/h5-6H,1-4H3. The molecule has 3 heteroatoms. The van der Waals surface area contributed by atoms with Gasteiger partial charge in [0.1, 0.15) is 5.69 Å². The summed E-state index contributed by atoms with van der Waals surface area (Å²) >= 11 is 0. The lowest BCUT2D eigenvalue weighted by molar-refractivity contribution is 0.101. The van der Waals surface area contributed by atoms with Crippen molar-refractivity contribution in [2.24, 2.45) is 0 Å². The highest BCUT2D eigenvalue weighted by molar-refractivity contribution is 5.93. The first-order valence-electron chi connectivity index (χ1n) is 4.25. The number of nitrogens with zero attached hydrogens (tertiary/aromatic N) is 2. The van der Waals surface area contributed by atoms with Crippen LogP contribution in [0.4, 0.5) is 0 Å². The van der Waals surface area contributed by atoms with Gasteiger partial charge in [-0.25, -0.2) is 4.98 Å². The lowest BCUT2D eigenvalue weighted by atomic mass is 9.89. The molecule has 0 amide bonds. The van der Waals surface area contributed by atoms with Crippen molar-refractivity contribution in [3.8, 4) is 0 Å². The third kappa shape index (κ3) is 2.11. The quantitative estimate of drug-likeness (QED) is 0.617. The summed E-state index contributed by atoms with van der Waals surface area (Å²) in [5.41, 5.74) is 1.12. The summed E-state index contributed by atoms with van der Waals surface area (Å²) in [6, 6.07) is 0. The van der Waals surface area contributed by atoms with Crippen LogP contribution in [0.25, 0.3) is 0 Å². The van der Waals surface area contributed by atoms with E-state index in [1.807, 2.05) is 20.8 Å². The molecule has 0 N–H and O–H groups in total. The second-order valence-electron chi connectivity index (χ2n) is 4.06. The summed E-state index contributed by atoms with van der Waals surface area (Å²) in [5, 5.41) is 0. The molecule has 70 valence electrons. The van der Waals surface area contributed by atoms with Gasteiger partial charge in [-0.05, 0) is 0 Å². The van der Waals surface area contributed by atoms with Crippen molar-refractivity contribution in [1.29, 1.82) is 0 Å². The van der Waals surface area contributed by atoms with Gasteiger partial charge in [0.25, 0.3) is 0 Å². The van der Waals surface area contributed by atoms with Gasteiger partial charge < -0.3 is 0 Å². The minimum atomic E-state index is -0.130. The second-order valence-corrected chi connectivity index (χ2v) is 4.06. The lowest BCUT2D eigenvalue weighted by Crippen LogP contribution is -2.19. The minimum Gasteiger partial charge on any atom is -0.293 e. The highest BCUT2D eigenvalue weighted by Crippen LogP contribution is 2.22. The Bertz CT molecular complexity index is 326. The van der Waals surface area contributed by atoms with Gasteiger partial charge >= 0.3 is 0 Å². The molecule has 0 aliphatic rings. The van der Waals surface area contributed by atoms with E-state index >= 15 is 0 Å². The molecule has 0 fully saturated rings.